The molecule has 0 aliphatic heterocycles. The van der Waals surface area contributed by atoms with Gasteiger partial charge in [-0.25, -0.2) is 0 Å². The fourth-order valence-corrected chi connectivity index (χ4v) is 2.75. The molecule has 0 fully saturated rings. The van der Waals surface area contributed by atoms with Crippen LogP contribution in [-0.4, -0.2) is 64.1 Å². The van der Waals surface area contributed by atoms with Gasteiger partial charge in [0.2, 0.25) is 0 Å². The van der Waals surface area contributed by atoms with Crippen molar-refractivity contribution in [1.82, 2.24) is 10.2 Å². The van der Waals surface area contributed by atoms with Crippen molar-refractivity contribution in [1.29, 1.82) is 0 Å². The second kappa shape index (κ2) is 10.3. The van der Waals surface area contributed by atoms with Gasteiger partial charge in [0.1, 0.15) is 11.5 Å². The number of methoxy groups -OCH3 is 2. The molecule has 0 atom stereocenters. The van der Waals surface area contributed by atoms with Crippen LogP contribution in [0.2, 0.25) is 0 Å². The van der Waals surface area contributed by atoms with E-state index in [0.29, 0.717) is 41.3 Å². The molecule has 0 aliphatic rings. The zero-order valence-corrected chi connectivity index (χ0v) is 17.6. The van der Waals surface area contributed by atoms with Crippen LogP contribution >= 0.6 is 0 Å². The van der Waals surface area contributed by atoms with Crippen LogP contribution in [0.5, 0.6) is 11.5 Å². The van der Waals surface area contributed by atoms with Crippen molar-refractivity contribution < 1.29 is 19.1 Å². The van der Waals surface area contributed by atoms with Crippen LogP contribution < -0.4 is 26.3 Å². The lowest BCUT2D eigenvalue weighted by Gasteiger charge is -2.14. The Morgan fingerprint density at radius 3 is 2.33 bits per heavy atom. The van der Waals surface area contributed by atoms with Gasteiger partial charge in [0.15, 0.2) is 5.96 Å². The van der Waals surface area contributed by atoms with E-state index in [-0.39, 0.29) is 17.4 Å². The maximum Gasteiger partial charge on any atom is 0.280 e. The topological polar surface area (TPSA) is 132 Å². The van der Waals surface area contributed by atoms with Crippen LogP contribution in [0.1, 0.15) is 20.7 Å². The molecule has 5 N–H and O–H groups in total. The fraction of sp³-hybridized carbons (Fsp3) is 0.286. The highest BCUT2D eigenvalue weighted by Gasteiger charge is 2.16. The molecule has 2 aromatic carbocycles. The predicted molar refractivity (Wildman–Crippen MR) is 116 cm³/mol. The van der Waals surface area contributed by atoms with E-state index in [1.54, 1.807) is 37.4 Å². The summed E-state index contributed by atoms with van der Waals surface area (Å²) in [4.78, 5) is 30.7. The van der Waals surface area contributed by atoms with Gasteiger partial charge < -0.3 is 31.2 Å². The summed E-state index contributed by atoms with van der Waals surface area (Å²) in [5.41, 5.74) is 12.4. The molecule has 9 nitrogen and oxygen atoms in total. The molecule has 0 bridgehead atoms. The number of ether oxygens (including phenoxy) is 2. The number of carbonyl (C=O) groups excluding carboxylic acids is 2. The number of nitrogens with two attached hydrogens (primary N) is 2. The van der Waals surface area contributed by atoms with E-state index < -0.39 is 5.91 Å². The van der Waals surface area contributed by atoms with E-state index in [9.17, 15) is 9.59 Å². The number of nitrogens with one attached hydrogen (secondary N) is 1. The van der Waals surface area contributed by atoms with Gasteiger partial charge in [0.25, 0.3) is 11.8 Å². The number of amides is 2. The minimum Gasteiger partial charge on any atom is -0.497 e. The van der Waals surface area contributed by atoms with Crippen molar-refractivity contribution >= 4 is 17.8 Å². The highest BCUT2D eigenvalue weighted by Crippen LogP contribution is 2.34. The van der Waals surface area contributed by atoms with Crippen molar-refractivity contribution in [2.24, 2.45) is 16.5 Å². The number of carbonyl (C=O) groups is 2. The number of likely N-dealkylation sites (N-methyl/N-ethyl adjacent to an activating group) is 1. The summed E-state index contributed by atoms with van der Waals surface area (Å²) in [6.07, 6.45) is 0. The summed E-state index contributed by atoms with van der Waals surface area (Å²) in [6, 6.07) is 9.99. The largest absolute Gasteiger partial charge is 0.497 e. The molecule has 0 saturated carbocycles. The summed E-state index contributed by atoms with van der Waals surface area (Å²) in [7, 11) is 6.91. The average Bonchev–Trinajstić information content (AvgIpc) is 2.72. The molecule has 0 aliphatic carbocycles. The number of hydrogen-bond acceptors (Lipinski definition) is 5. The zero-order chi connectivity index (χ0) is 22.3. The molecule has 9 heteroatoms. The average molecular weight is 413 g/mol. The van der Waals surface area contributed by atoms with E-state index in [2.05, 4.69) is 10.3 Å². The molecule has 0 aromatic heterocycles. The van der Waals surface area contributed by atoms with Gasteiger partial charge in [-0.2, -0.15) is 4.99 Å². The monoisotopic (exact) mass is 413 g/mol. The number of aliphatic imine (C=N–C) groups is 1. The lowest BCUT2D eigenvalue weighted by Crippen LogP contribution is -2.31. The maximum atomic E-state index is 12.7. The van der Waals surface area contributed by atoms with Gasteiger partial charge in [0.05, 0.1) is 14.2 Å². The van der Waals surface area contributed by atoms with Gasteiger partial charge in [-0.3, -0.25) is 9.59 Å². The normalized spacial score (nSPS) is 10.4. The van der Waals surface area contributed by atoms with E-state index in [1.807, 2.05) is 19.0 Å². The van der Waals surface area contributed by atoms with Crippen molar-refractivity contribution in [2.45, 2.75) is 0 Å². The minimum absolute atomic E-state index is 0.170. The Morgan fingerprint density at radius 1 is 1.03 bits per heavy atom. The van der Waals surface area contributed by atoms with Gasteiger partial charge in [0, 0.05) is 29.8 Å². The molecule has 30 heavy (non-hydrogen) atoms. The van der Waals surface area contributed by atoms with Gasteiger partial charge in [-0.05, 0) is 56.1 Å². The molecule has 0 heterocycles. The van der Waals surface area contributed by atoms with E-state index >= 15 is 0 Å². The Labute approximate surface area is 175 Å². The molecule has 0 spiro atoms. The summed E-state index contributed by atoms with van der Waals surface area (Å²) in [5, 5.41) is 2.83. The first-order valence-corrected chi connectivity index (χ1v) is 9.19. The van der Waals surface area contributed by atoms with Gasteiger partial charge >= 0.3 is 0 Å². The summed E-state index contributed by atoms with van der Waals surface area (Å²) >= 11 is 0. The molecule has 0 unspecified atom stereocenters. The molecular weight excluding hydrogens is 386 g/mol. The SMILES string of the molecule is COc1ccc(OC)c(-c2cc(C(=O)N=C(N)N)cc(C(=O)NCCN(C)C)c2)c1. The lowest BCUT2D eigenvalue weighted by molar-refractivity contribution is 0.0951. The van der Waals surface area contributed by atoms with E-state index in [4.69, 9.17) is 20.9 Å². The Hall–Kier alpha value is -3.59. The van der Waals surface area contributed by atoms with Crippen LogP contribution in [0.15, 0.2) is 41.4 Å². The molecular formula is C21H27N5O4. The van der Waals surface area contributed by atoms with Crippen LogP contribution in [0.25, 0.3) is 11.1 Å². The van der Waals surface area contributed by atoms with Crippen molar-refractivity contribution in [3.8, 4) is 22.6 Å². The predicted octanol–water partition coefficient (Wildman–Crippen LogP) is 1.08. The molecule has 160 valence electrons. The van der Waals surface area contributed by atoms with Crippen molar-refractivity contribution in [3.05, 3.63) is 47.5 Å². The Morgan fingerprint density at radius 2 is 1.73 bits per heavy atom. The highest BCUT2D eigenvalue weighted by molar-refractivity contribution is 6.05. The Kier molecular flexibility index (Phi) is 7.76. The van der Waals surface area contributed by atoms with Gasteiger partial charge in [-0.15, -0.1) is 0 Å². The smallest absolute Gasteiger partial charge is 0.280 e. The summed E-state index contributed by atoms with van der Waals surface area (Å²) in [6.45, 7) is 1.13. The fourth-order valence-electron chi connectivity index (χ4n) is 2.75. The quantitative estimate of drug-likeness (QED) is 0.436. The van der Waals surface area contributed by atoms with Crippen LogP contribution in [-0.2, 0) is 0 Å². The standard InChI is InChI=1S/C21H27N5O4/c1-26(2)8-7-24-19(27)14-9-13(10-15(11-14)20(28)25-21(22)23)17-12-16(29-3)5-6-18(17)30-4/h5-6,9-12H,7-8H2,1-4H3,(H,24,27)(H4,22,23,25,28). The first-order chi connectivity index (χ1) is 14.2. The third-order valence-electron chi connectivity index (χ3n) is 4.24. The number of benzene rings is 2. The van der Waals surface area contributed by atoms with Crippen LogP contribution in [0.3, 0.4) is 0 Å². The molecule has 0 radical (unpaired) electrons. The third-order valence-corrected chi connectivity index (χ3v) is 4.24. The number of nitrogens with zero attached hydrogens (tertiary/aromatic N) is 2. The van der Waals surface area contributed by atoms with E-state index in [0.717, 1.165) is 0 Å². The molecule has 0 saturated heterocycles. The first kappa shape index (κ1) is 22.7. The van der Waals surface area contributed by atoms with Crippen LogP contribution in [0, 0.1) is 0 Å². The zero-order valence-electron chi connectivity index (χ0n) is 17.6. The highest BCUT2D eigenvalue weighted by atomic mass is 16.5. The lowest BCUT2D eigenvalue weighted by atomic mass is 9.98. The Bertz CT molecular complexity index is 952. The number of hydrogen-bond donors (Lipinski definition) is 3. The number of rotatable bonds is 8. The van der Waals surface area contributed by atoms with Gasteiger partial charge in [-0.1, -0.05) is 0 Å². The molecule has 2 amide bonds. The summed E-state index contributed by atoms with van der Waals surface area (Å²) < 4.78 is 10.7. The maximum absolute atomic E-state index is 12.7. The second-order valence-electron chi connectivity index (χ2n) is 6.77. The van der Waals surface area contributed by atoms with Crippen molar-refractivity contribution in [2.75, 3.05) is 41.4 Å². The second-order valence-corrected chi connectivity index (χ2v) is 6.77. The number of guanidine groups is 1. The van der Waals surface area contributed by atoms with E-state index in [1.165, 1.54) is 13.2 Å². The molecule has 2 aromatic rings. The third kappa shape index (κ3) is 5.95. The Balaban J connectivity index is 2.56. The van der Waals surface area contributed by atoms with Crippen molar-refractivity contribution in [3.63, 3.8) is 0 Å². The first-order valence-electron chi connectivity index (χ1n) is 9.19. The summed E-state index contributed by atoms with van der Waals surface area (Å²) in [5.74, 6) is -0.174. The minimum atomic E-state index is -0.652. The molecule has 2 rings (SSSR count). The van der Waals surface area contributed by atoms with Crippen LogP contribution in [0.4, 0.5) is 0 Å².